The van der Waals surface area contributed by atoms with Gasteiger partial charge in [-0.25, -0.2) is 4.79 Å². The number of benzene rings is 1. The quantitative estimate of drug-likeness (QED) is 0.729. The molecule has 1 amide bonds. The number of carbonyl (C=O) groups excluding carboxylic acids is 1. The number of rotatable bonds is 6. The standard InChI is InChI=1S/C19H25NO8/c1-10(17(22)23)26-16-14(20-11(2)21)19(24-3)27-13-9-25-18(28-15(13)16)12-7-5-4-6-8-12/h4-8,10,13-16,18-19H,9H2,1-3H3,(H,20,21)(H,22,23)/t10-,13-,14+,15-,16-,18-,19+/m1/s1. The molecule has 7 atom stereocenters. The van der Waals surface area contributed by atoms with Gasteiger partial charge in [-0.1, -0.05) is 30.3 Å². The van der Waals surface area contributed by atoms with Crippen LogP contribution >= 0.6 is 0 Å². The first kappa shape index (κ1) is 20.7. The van der Waals surface area contributed by atoms with Crippen molar-refractivity contribution in [2.75, 3.05) is 13.7 Å². The zero-order valence-corrected chi connectivity index (χ0v) is 15.9. The van der Waals surface area contributed by atoms with Crippen molar-refractivity contribution in [1.82, 2.24) is 5.32 Å². The molecule has 0 radical (unpaired) electrons. The first-order valence-electron chi connectivity index (χ1n) is 9.06. The Morgan fingerprint density at radius 3 is 2.57 bits per heavy atom. The Morgan fingerprint density at radius 1 is 1.25 bits per heavy atom. The molecule has 0 aliphatic carbocycles. The molecular formula is C19H25NO8. The fourth-order valence-corrected chi connectivity index (χ4v) is 3.40. The molecule has 154 valence electrons. The van der Waals surface area contributed by atoms with Crippen LogP contribution in [-0.4, -0.2) is 67.4 Å². The second-order valence-electron chi connectivity index (χ2n) is 6.76. The van der Waals surface area contributed by atoms with Crippen LogP contribution in [-0.2, 0) is 33.3 Å². The van der Waals surface area contributed by atoms with E-state index in [4.69, 9.17) is 23.7 Å². The van der Waals surface area contributed by atoms with Crippen molar-refractivity contribution in [3.8, 4) is 0 Å². The topological polar surface area (TPSA) is 113 Å². The fraction of sp³-hybridized carbons (Fsp3) is 0.579. The molecule has 1 aromatic carbocycles. The second-order valence-corrected chi connectivity index (χ2v) is 6.76. The minimum Gasteiger partial charge on any atom is -0.479 e. The lowest BCUT2D eigenvalue weighted by Crippen LogP contribution is -2.67. The summed E-state index contributed by atoms with van der Waals surface area (Å²) in [5.41, 5.74) is 0.816. The Labute approximate surface area is 162 Å². The van der Waals surface area contributed by atoms with Gasteiger partial charge in [0, 0.05) is 19.6 Å². The van der Waals surface area contributed by atoms with Crippen molar-refractivity contribution in [3.05, 3.63) is 35.9 Å². The Hall–Kier alpha value is -2.04. The van der Waals surface area contributed by atoms with Gasteiger partial charge in [0.05, 0.1) is 6.61 Å². The van der Waals surface area contributed by atoms with Crippen LogP contribution in [0.15, 0.2) is 30.3 Å². The molecule has 9 heteroatoms. The van der Waals surface area contributed by atoms with Crippen molar-refractivity contribution in [1.29, 1.82) is 0 Å². The van der Waals surface area contributed by atoms with Crippen molar-refractivity contribution in [2.24, 2.45) is 0 Å². The van der Waals surface area contributed by atoms with Gasteiger partial charge in [-0.2, -0.15) is 0 Å². The first-order valence-corrected chi connectivity index (χ1v) is 9.06. The van der Waals surface area contributed by atoms with Crippen LogP contribution in [0.3, 0.4) is 0 Å². The number of ether oxygens (including phenoxy) is 5. The number of methoxy groups -OCH3 is 1. The third kappa shape index (κ3) is 4.50. The predicted octanol–water partition coefficient (Wildman–Crippen LogP) is 0.835. The molecule has 2 heterocycles. The van der Waals surface area contributed by atoms with Gasteiger partial charge in [0.1, 0.15) is 24.4 Å². The van der Waals surface area contributed by atoms with Gasteiger partial charge in [-0.15, -0.1) is 0 Å². The van der Waals surface area contributed by atoms with Crippen LogP contribution in [0.25, 0.3) is 0 Å². The highest BCUT2D eigenvalue weighted by Gasteiger charge is 2.52. The molecule has 28 heavy (non-hydrogen) atoms. The van der Waals surface area contributed by atoms with E-state index in [1.54, 1.807) is 0 Å². The number of hydrogen-bond donors (Lipinski definition) is 2. The minimum absolute atomic E-state index is 0.207. The lowest BCUT2D eigenvalue weighted by molar-refractivity contribution is -0.347. The summed E-state index contributed by atoms with van der Waals surface area (Å²) in [5, 5.41) is 12.0. The average Bonchev–Trinajstić information content (AvgIpc) is 2.69. The summed E-state index contributed by atoms with van der Waals surface area (Å²) in [6.07, 6.45) is -4.62. The van der Waals surface area contributed by atoms with E-state index in [9.17, 15) is 14.7 Å². The summed E-state index contributed by atoms with van der Waals surface area (Å²) in [6.45, 7) is 2.99. The normalized spacial score (nSPS) is 33.5. The minimum atomic E-state index is -1.12. The number of carboxylic acids is 1. The summed E-state index contributed by atoms with van der Waals surface area (Å²) >= 11 is 0. The molecule has 0 bridgehead atoms. The van der Waals surface area contributed by atoms with Crippen molar-refractivity contribution in [3.63, 3.8) is 0 Å². The summed E-state index contributed by atoms with van der Waals surface area (Å²) in [6, 6.07) is 8.61. The SMILES string of the molecule is CO[C@H]1O[C@@H]2CO[C@@H](c3ccccc3)O[C@H]2[C@H](O[C@H](C)C(=O)O)[C@@H]1NC(C)=O. The highest BCUT2D eigenvalue weighted by atomic mass is 16.7. The highest BCUT2D eigenvalue weighted by molar-refractivity contribution is 5.73. The molecule has 0 spiro atoms. The van der Waals surface area contributed by atoms with Gasteiger partial charge < -0.3 is 34.1 Å². The molecule has 3 rings (SSSR count). The zero-order valence-electron chi connectivity index (χ0n) is 15.9. The number of fused-ring (bicyclic) bond motifs is 1. The molecule has 0 aromatic heterocycles. The van der Waals surface area contributed by atoms with Crippen LogP contribution in [0.1, 0.15) is 25.7 Å². The Bertz CT molecular complexity index is 684. The van der Waals surface area contributed by atoms with Gasteiger partial charge in [0.15, 0.2) is 18.7 Å². The number of carboxylic acid groups (broad SMARTS) is 1. The third-order valence-corrected chi connectivity index (χ3v) is 4.72. The molecule has 9 nitrogen and oxygen atoms in total. The van der Waals surface area contributed by atoms with E-state index in [1.807, 2.05) is 30.3 Å². The van der Waals surface area contributed by atoms with Crippen LogP contribution < -0.4 is 5.32 Å². The van der Waals surface area contributed by atoms with Crippen molar-refractivity contribution >= 4 is 11.9 Å². The van der Waals surface area contributed by atoms with E-state index in [2.05, 4.69) is 5.32 Å². The van der Waals surface area contributed by atoms with Crippen molar-refractivity contribution < 1.29 is 38.4 Å². The van der Waals surface area contributed by atoms with Crippen LogP contribution in [0.2, 0.25) is 0 Å². The summed E-state index contributed by atoms with van der Waals surface area (Å²) in [4.78, 5) is 23.1. The van der Waals surface area contributed by atoms with Gasteiger partial charge in [0.25, 0.3) is 0 Å². The lowest BCUT2D eigenvalue weighted by Gasteiger charge is -2.49. The average molecular weight is 395 g/mol. The first-order chi connectivity index (χ1) is 13.4. The van der Waals surface area contributed by atoms with Gasteiger partial charge in [-0.05, 0) is 6.92 Å². The number of nitrogens with one attached hydrogen (secondary N) is 1. The highest BCUT2D eigenvalue weighted by Crippen LogP contribution is 2.35. The van der Waals surface area contributed by atoms with E-state index in [0.717, 1.165) is 5.56 Å². The molecule has 1 aromatic rings. The molecule has 2 N–H and O–H groups in total. The third-order valence-electron chi connectivity index (χ3n) is 4.72. The Kier molecular flexibility index (Phi) is 6.63. The fourth-order valence-electron chi connectivity index (χ4n) is 3.40. The molecule has 0 saturated carbocycles. The molecule has 2 fully saturated rings. The number of carbonyl (C=O) groups is 2. The maximum Gasteiger partial charge on any atom is 0.332 e. The predicted molar refractivity (Wildman–Crippen MR) is 95.3 cm³/mol. The number of amides is 1. The molecule has 2 aliphatic rings. The summed E-state index contributed by atoms with van der Waals surface area (Å²) in [7, 11) is 1.44. The van der Waals surface area contributed by atoms with Crippen molar-refractivity contribution in [2.45, 2.75) is 56.9 Å². The molecule has 2 aliphatic heterocycles. The smallest absolute Gasteiger partial charge is 0.332 e. The maximum absolute atomic E-state index is 11.7. The largest absolute Gasteiger partial charge is 0.479 e. The number of hydrogen-bond acceptors (Lipinski definition) is 7. The van der Waals surface area contributed by atoms with E-state index in [1.165, 1.54) is 21.0 Å². The van der Waals surface area contributed by atoms with E-state index < -0.39 is 49.0 Å². The van der Waals surface area contributed by atoms with E-state index in [0.29, 0.717) is 0 Å². The maximum atomic E-state index is 11.7. The monoisotopic (exact) mass is 395 g/mol. The van der Waals surface area contributed by atoms with Gasteiger partial charge >= 0.3 is 5.97 Å². The zero-order chi connectivity index (χ0) is 20.3. The van der Waals surface area contributed by atoms with E-state index >= 15 is 0 Å². The molecule has 2 saturated heterocycles. The molecule has 0 unspecified atom stereocenters. The summed E-state index contributed by atoms with van der Waals surface area (Å²) in [5.74, 6) is -1.44. The van der Waals surface area contributed by atoms with Gasteiger partial charge in [0.2, 0.25) is 5.91 Å². The lowest BCUT2D eigenvalue weighted by atomic mass is 9.95. The molecular weight excluding hydrogens is 370 g/mol. The van der Waals surface area contributed by atoms with Crippen LogP contribution in [0, 0.1) is 0 Å². The van der Waals surface area contributed by atoms with Crippen LogP contribution in [0.5, 0.6) is 0 Å². The van der Waals surface area contributed by atoms with Crippen LogP contribution in [0.4, 0.5) is 0 Å². The van der Waals surface area contributed by atoms with E-state index in [-0.39, 0.29) is 12.5 Å². The Morgan fingerprint density at radius 2 is 1.96 bits per heavy atom. The second kappa shape index (κ2) is 8.97. The van der Waals surface area contributed by atoms with Gasteiger partial charge in [-0.3, -0.25) is 4.79 Å². The Balaban J connectivity index is 1.88. The number of aliphatic carboxylic acids is 1. The summed E-state index contributed by atoms with van der Waals surface area (Å²) < 4.78 is 28.9.